The highest BCUT2D eigenvalue weighted by Crippen LogP contribution is 1.91. The van der Waals surface area contributed by atoms with Crippen molar-refractivity contribution in [3.8, 4) is 0 Å². The summed E-state index contributed by atoms with van der Waals surface area (Å²) in [5.74, 6) is -1.92. The highest BCUT2D eigenvalue weighted by molar-refractivity contribution is 5.73. The largest absolute Gasteiger partial charge is 0.480 e. The number of hydrogen-bond acceptors (Lipinski definition) is 5. The molecule has 15 heavy (non-hydrogen) atoms. The lowest BCUT2D eigenvalue weighted by Crippen LogP contribution is -2.30. The van der Waals surface area contributed by atoms with Gasteiger partial charge in [-0.3, -0.25) is 9.59 Å². The van der Waals surface area contributed by atoms with Gasteiger partial charge >= 0.3 is 11.9 Å². The first-order valence-electron chi connectivity index (χ1n) is 4.49. The molecule has 90 valence electrons. The monoisotopic (exact) mass is 221 g/mol. The number of rotatable bonds is 5. The standard InChI is InChI=1S/C5H12N2O2.C3H7NO2/c6-3-1-2-4(7)5(8)9;1-2(4)3(5)6/h4H,1-3,6-7H2,(H,8,9);2H,4H2,1H3,(H,5,6)/t4-;2-/m00/s1. The number of carboxylic acids is 2. The smallest absolute Gasteiger partial charge is 0.320 e. The summed E-state index contributed by atoms with van der Waals surface area (Å²) in [6.45, 7) is 1.92. The molecule has 8 N–H and O–H groups in total. The fourth-order valence-corrected chi connectivity index (χ4v) is 0.461. The molecule has 0 aliphatic heterocycles. The molecule has 0 fully saturated rings. The molecule has 0 aliphatic rings. The Morgan fingerprint density at radius 3 is 1.80 bits per heavy atom. The summed E-state index contributed by atoms with van der Waals surface area (Å²) in [5, 5.41) is 16.1. The van der Waals surface area contributed by atoms with Gasteiger partial charge in [0.25, 0.3) is 0 Å². The van der Waals surface area contributed by atoms with E-state index in [1.807, 2.05) is 0 Å². The van der Waals surface area contributed by atoms with E-state index in [1.165, 1.54) is 6.92 Å². The maximum absolute atomic E-state index is 10.0. The van der Waals surface area contributed by atoms with E-state index >= 15 is 0 Å². The van der Waals surface area contributed by atoms with Crippen molar-refractivity contribution in [2.24, 2.45) is 17.2 Å². The lowest BCUT2D eigenvalue weighted by molar-refractivity contribution is -0.139. The maximum Gasteiger partial charge on any atom is 0.320 e. The van der Waals surface area contributed by atoms with Crippen LogP contribution in [0.3, 0.4) is 0 Å². The molecule has 0 amide bonds. The Balaban J connectivity index is 0. The molecule has 2 atom stereocenters. The van der Waals surface area contributed by atoms with Crippen molar-refractivity contribution in [1.82, 2.24) is 0 Å². The Kier molecular flexibility index (Phi) is 10.2. The molecular weight excluding hydrogens is 202 g/mol. The molecule has 0 aliphatic carbocycles. The average molecular weight is 221 g/mol. The lowest BCUT2D eigenvalue weighted by Gasteiger charge is -2.02. The Morgan fingerprint density at radius 1 is 1.20 bits per heavy atom. The zero-order chi connectivity index (χ0) is 12.4. The van der Waals surface area contributed by atoms with Gasteiger partial charge in [-0.1, -0.05) is 0 Å². The van der Waals surface area contributed by atoms with Crippen molar-refractivity contribution < 1.29 is 19.8 Å². The van der Waals surface area contributed by atoms with Crippen LogP contribution in [-0.2, 0) is 9.59 Å². The van der Waals surface area contributed by atoms with E-state index in [2.05, 4.69) is 0 Å². The Bertz CT molecular complexity index is 196. The number of hydrogen-bond donors (Lipinski definition) is 5. The molecule has 0 rings (SSSR count). The predicted molar refractivity (Wildman–Crippen MR) is 55.2 cm³/mol. The van der Waals surface area contributed by atoms with Crippen LogP contribution < -0.4 is 17.2 Å². The minimum Gasteiger partial charge on any atom is -0.480 e. The molecule has 7 nitrogen and oxygen atoms in total. The topological polar surface area (TPSA) is 153 Å². The van der Waals surface area contributed by atoms with Crippen molar-refractivity contribution in [3.05, 3.63) is 0 Å². The third kappa shape index (κ3) is 12.8. The van der Waals surface area contributed by atoms with Gasteiger partial charge < -0.3 is 27.4 Å². The first-order valence-corrected chi connectivity index (χ1v) is 4.49. The van der Waals surface area contributed by atoms with E-state index in [4.69, 9.17) is 27.4 Å². The van der Waals surface area contributed by atoms with Crippen LogP contribution in [0.25, 0.3) is 0 Å². The fourth-order valence-electron chi connectivity index (χ4n) is 0.461. The van der Waals surface area contributed by atoms with Gasteiger partial charge in [0.1, 0.15) is 12.1 Å². The minimum absolute atomic E-state index is 0.464. The molecule has 0 aromatic carbocycles. The van der Waals surface area contributed by atoms with Gasteiger partial charge in [-0.05, 0) is 26.3 Å². The van der Waals surface area contributed by atoms with Gasteiger partial charge in [-0.2, -0.15) is 0 Å². The zero-order valence-corrected chi connectivity index (χ0v) is 8.72. The summed E-state index contributed by atoms with van der Waals surface area (Å²) < 4.78 is 0. The molecule has 0 unspecified atom stereocenters. The molecule has 7 heteroatoms. The third-order valence-electron chi connectivity index (χ3n) is 1.43. The Morgan fingerprint density at radius 2 is 1.60 bits per heavy atom. The number of nitrogens with two attached hydrogens (primary N) is 3. The minimum atomic E-state index is -0.963. The summed E-state index contributed by atoms with van der Waals surface area (Å²) in [6, 6.07) is -1.47. The first-order chi connectivity index (χ1) is 6.82. The molecule has 0 aromatic rings. The highest BCUT2D eigenvalue weighted by atomic mass is 16.4. The summed E-state index contributed by atoms with van der Waals surface area (Å²) >= 11 is 0. The molecular formula is C8H19N3O4. The number of carboxylic acid groups (broad SMARTS) is 2. The van der Waals surface area contributed by atoms with Gasteiger partial charge in [0.2, 0.25) is 0 Å². The van der Waals surface area contributed by atoms with E-state index in [-0.39, 0.29) is 0 Å². The van der Waals surface area contributed by atoms with E-state index in [0.717, 1.165) is 0 Å². The van der Waals surface area contributed by atoms with Gasteiger partial charge in [0.15, 0.2) is 0 Å². The van der Waals surface area contributed by atoms with Crippen LogP contribution in [0.15, 0.2) is 0 Å². The van der Waals surface area contributed by atoms with E-state index in [9.17, 15) is 9.59 Å². The van der Waals surface area contributed by atoms with Crippen LogP contribution in [0.4, 0.5) is 0 Å². The quantitative estimate of drug-likeness (QED) is 0.381. The van der Waals surface area contributed by atoms with Crippen LogP contribution in [-0.4, -0.2) is 40.8 Å². The van der Waals surface area contributed by atoms with Crippen LogP contribution in [0.1, 0.15) is 19.8 Å². The second-order valence-electron chi connectivity index (χ2n) is 3.00. The summed E-state index contributed by atoms with van der Waals surface area (Å²) in [6.07, 6.45) is 1.14. The Labute approximate surface area is 88.2 Å². The van der Waals surface area contributed by atoms with Crippen LogP contribution in [0, 0.1) is 0 Å². The van der Waals surface area contributed by atoms with Crippen LogP contribution in [0.5, 0.6) is 0 Å². The highest BCUT2D eigenvalue weighted by Gasteiger charge is 2.08. The van der Waals surface area contributed by atoms with E-state index in [0.29, 0.717) is 19.4 Å². The van der Waals surface area contributed by atoms with Gasteiger partial charge in [-0.25, -0.2) is 0 Å². The van der Waals surface area contributed by atoms with Gasteiger partial charge in [-0.15, -0.1) is 0 Å². The lowest BCUT2D eigenvalue weighted by atomic mass is 10.2. The molecule has 0 aromatic heterocycles. The number of carbonyl (C=O) groups is 2. The maximum atomic E-state index is 10.0. The molecule has 0 heterocycles. The average Bonchev–Trinajstić information content (AvgIpc) is 2.14. The number of aliphatic carboxylic acids is 2. The SMILES string of the molecule is C[C@H](N)C(=O)O.NCCC[C@H](N)C(=O)O. The third-order valence-corrected chi connectivity index (χ3v) is 1.43. The first kappa shape index (κ1) is 16.3. The van der Waals surface area contributed by atoms with Crippen molar-refractivity contribution in [1.29, 1.82) is 0 Å². The predicted octanol–water partition coefficient (Wildman–Crippen LogP) is -1.44. The van der Waals surface area contributed by atoms with Crippen molar-refractivity contribution in [2.45, 2.75) is 31.8 Å². The summed E-state index contributed by atoms with van der Waals surface area (Å²) in [7, 11) is 0. The second kappa shape index (κ2) is 9.38. The van der Waals surface area contributed by atoms with Crippen LogP contribution >= 0.6 is 0 Å². The fraction of sp³-hybridized carbons (Fsp3) is 0.750. The van der Waals surface area contributed by atoms with Gasteiger partial charge in [0, 0.05) is 0 Å². The molecule has 0 spiro atoms. The molecule has 0 saturated carbocycles. The van der Waals surface area contributed by atoms with Crippen molar-refractivity contribution in [3.63, 3.8) is 0 Å². The van der Waals surface area contributed by atoms with E-state index < -0.39 is 24.0 Å². The normalized spacial score (nSPS) is 13.3. The molecule has 0 radical (unpaired) electrons. The molecule has 0 bridgehead atoms. The summed E-state index contributed by atoms with van der Waals surface area (Å²) in [5.41, 5.74) is 15.1. The van der Waals surface area contributed by atoms with Crippen LogP contribution in [0.2, 0.25) is 0 Å². The second-order valence-corrected chi connectivity index (χ2v) is 3.00. The van der Waals surface area contributed by atoms with Gasteiger partial charge in [0.05, 0.1) is 0 Å². The van der Waals surface area contributed by atoms with E-state index in [1.54, 1.807) is 0 Å². The van der Waals surface area contributed by atoms with Crippen molar-refractivity contribution >= 4 is 11.9 Å². The van der Waals surface area contributed by atoms with Crippen molar-refractivity contribution in [2.75, 3.05) is 6.54 Å². The summed E-state index contributed by atoms with van der Waals surface area (Å²) in [4.78, 5) is 19.6. The molecule has 0 saturated heterocycles. The Hall–Kier alpha value is -1.18. The zero-order valence-electron chi connectivity index (χ0n) is 8.72.